The van der Waals surface area contributed by atoms with Crippen LogP contribution in [0.25, 0.3) is 6.08 Å². The summed E-state index contributed by atoms with van der Waals surface area (Å²) in [7, 11) is 0. The molecule has 0 saturated heterocycles. The molecule has 0 heterocycles. The van der Waals surface area contributed by atoms with Crippen LogP contribution in [-0.4, -0.2) is 24.6 Å². The lowest BCUT2D eigenvalue weighted by atomic mass is 10.1. The van der Waals surface area contributed by atoms with Crippen molar-refractivity contribution in [2.75, 3.05) is 6.61 Å². The van der Waals surface area contributed by atoms with Crippen molar-refractivity contribution in [3.63, 3.8) is 0 Å². The third-order valence-electron chi connectivity index (χ3n) is 2.35. The van der Waals surface area contributed by atoms with E-state index in [1.807, 2.05) is 37.3 Å². The van der Waals surface area contributed by atoms with Gasteiger partial charge in [0.2, 0.25) is 0 Å². The third-order valence-corrected chi connectivity index (χ3v) is 2.35. The van der Waals surface area contributed by atoms with E-state index in [0.717, 1.165) is 5.56 Å². The summed E-state index contributed by atoms with van der Waals surface area (Å²) >= 11 is 0. The summed E-state index contributed by atoms with van der Waals surface area (Å²) in [5.74, 6) is -0.813. The molecule has 1 aromatic rings. The Morgan fingerprint density at radius 1 is 1.16 bits per heavy atom. The maximum atomic E-state index is 11.0. The number of carbonyl (C=O) groups excluding carboxylic acids is 2. The van der Waals surface area contributed by atoms with Gasteiger partial charge in [-0.1, -0.05) is 35.9 Å². The van der Waals surface area contributed by atoms with E-state index in [0.29, 0.717) is 0 Å². The molecule has 0 N–H and O–H groups in total. The van der Waals surface area contributed by atoms with Crippen LogP contribution in [0.1, 0.15) is 25.0 Å². The Morgan fingerprint density at radius 2 is 1.79 bits per heavy atom. The molecule has 0 aliphatic heterocycles. The molecule has 19 heavy (non-hydrogen) atoms. The summed E-state index contributed by atoms with van der Waals surface area (Å²) < 4.78 is 9.89. The predicted molar refractivity (Wildman–Crippen MR) is 72.4 cm³/mol. The first-order valence-electron chi connectivity index (χ1n) is 6.03. The van der Waals surface area contributed by atoms with E-state index < -0.39 is 18.0 Å². The van der Waals surface area contributed by atoms with Gasteiger partial charge in [-0.15, -0.1) is 0 Å². The molecule has 0 fully saturated rings. The Balaban J connectivity index is 2.66. The van der Waals surface area contributed by atoms with Gasteiger partial charge in [-0.3, -0.25) is 9.59 Å². The minimum absolute atomic E-state index is 0.0251. The Morgan fingerprint density at radius 3 is 2.32 bits per heavy atom. The Kier molecular flexibility index (Phi) is 5.79. The van der Waals surface area contributed by atoms with Crippen molar-refractivity contribution in [3.05, 3.63) is 41.5 Å². The molecule has 102 valence electrons. The molecule has 0 spiro atoms. The minimum atomic E-state index is -0.567. The van der Waals surface area contributed by atoms with Crippen LogP contribution >= 0.6 is 0 Å². The lowest BCUT2D eigenvalue weighted by molar-refractivity contribution is -0.153. The van der Waals surface area contributed by atoms with Crippen molar-refractivity contribution < 1.29 is 19.1 Å². The quantitative estimate of drug-likeness (QED) is 0.765. The zero-order valence-corrected chi connectivity index (χ0v) is 11.4. The van der Waals surface area contributed by atoms with Gasteiger partial charge in [-0.2, -0.15) is 0 Å². The smallest absolute Gasteiger partial charge is 0.303 e. The van der Waals surface area contributed by atoms with Crippen molar-refractivity contribution in [1.29, 1.82) is 0 Å². The molecule has 4 nitrogen and oxygen atoms in total. The average molecular weight is 262 g/mol. The normalized spacial score (nSPS) is 12.2. The van der Waals surface area contributed by atoms with E-state index in [4.69, 9.17) is 9.47 Å². The van der Waals surface area contributed by atoms with Crippen molar-refractivity contribution >= 4 is 18.0 Å². The van der Waals surface area contributed by atoms with Crippen LogP contribution in [0.4, 0.5) is 0 Å². The number of rotatable bonds is 5. The molecule has 0 radical (unpaired) electrons. The lowest BCUT2D eigenvalue weighted by Crippen LogP contribution is -2.21. The molecule has 0 bridgehead atoms. The molecule has 0 aliphatic carbocycles. The predicted octanol–water partition coefficient (Wildman–Crippen LogP) is 2.50. The van der Waals surface area contributed by atoms with Gasteiger partial charge in [0, 0.05) is 13.8 Å². The fraction of sp³-hybridized carbons (Fsp3) is 0.333. The first-order chi connectivity index (χ1) is 8.97. The number of aryl methyl sites for hydroxylation is 1. The van der Waals surface area contributed by atoms with Crippen molar-refractivity contribution in [2.24, 2.45) is 0 Å². The highest BCUT2D eigenvalue weighted by atomic mass is 16.6. The van der Waals surface area contributed by atoms with E-state index in [2.05, 4.69) is 0 Å². The van der Waals surface area contributed by atoms with Gasteiger partial charge in [-0.05, 0) is 18.6 Å². The van der Waals surface area contributed by atoms with Crippen LogP contribution in [0, 0.1) is 6.92 Å². The van der Waals surface area contributed by atoms with Crippen LogP contribution in [-0.2, 0) is 19.1 Å². The topological polar surface area (TPSA) is 52.6 Å². The molecule has 1 rings (SSSR count). The van der Waals surface area contributed by atoms with E-state index in [1.54, 1.807) is 6.08 Å². The second kappa shape index (κ2) is 7.36. The number of benzene rings is 1. The largest absolute Gasteiger partial charge is 0.462 e. The second-order valence-electron chi connectivity index (χ2n) is 4.22. The maximum Gasteiger partial charge on any atom is 0.303 e. The maximum absolute atomic E-state index is 11.0. The SMILES string of the molecule is CC(=O)OCC(/C=C/c1ccc(C)cc1)OC(C)=O. The van der Waals surface area contributed by atoms with Gasteiger partial charge in [0.1, 0.15) is 6.61 Å². The van der Waals surface area contributed by atoms with Crippen LogP contribution < -0.4 is 0 Å². The van der Waals surface area contributed by atoms with Gasteiger partial charge >= 0.3 is 11.9 Å². The number of ether oxygens (including phenoxy) is 2. The van der Waals surface area contributed by atoms with Crippen molar-refractivity contribution in [2.45, 2.75) is 26.9 Å². The zero-order valence-electron chi connectivity index (χ0n) is 11.4. The molecule has 1 unspecified atom stereocenters. The van der Waals surface area contributed by atoms with E-state index in [9.17, 15) is 9.59 Å². The molecule has 1 atom stereocenters. The molecule has 0 saturated carbocycles. The van der Waals surface area contributed by atoms with Crippen molar-refractivity contribution in [3.8, 4) is 0 Å². The Hall–Kier alpha value is -2.10. The van der Waals surface area contributed by atoms with Gasteiger partial charge in [0.05, 0.1) is 0 Å². The summed E-state index contributed by atoms with van der Waals surface area (Å²) in [6.45, 7) is 4.67. The summed E-state index contributed by atoms with van der Waals surface area (Å²) in [6.07, 6.45) is 2.97. The van der Waals surface area contributed by atoms with E-state index in [-0.39, 0.29) is 6.61 Å². The van der Waals surface area contributed by atoms with E-state index in [1.165, 1.54) is 19.4 Å². The van der Waals surface area contributed by atoms with Crippen LogP contribution in [0.3, 0.4) is 0 Å². The molecule has 0 amide bonds. The number of hydrogen-bond donors (Lipinski definition) is 0. The van der Waals surface area contributed by atoms with Crippen LogP contribution in [0.2, 0.25) is 0 Å². The zero-order chi connectivity index (χ0) is 14.3. The first-order valence-corrected chi connectivity index (χ1v) is 6.03. The van der Waals surface area contributed by atoms with Crippen LogP contribution in [0.5, 0.6) is 0 Å². The van der Waals surface area contributed by atoms with Crippen molar-refractivity contribution in [1.82, 2.24) is 0 Å². The lowest BCUT2D eigenvalue weighted by Gasteiger charge is -2.12. The van der Waals surface area contributed by atoms with Gasteiger partial charge in [-0.25, -0.2) is 0 Å². The summed E-state index contributed by atoms with van der Waals surface area (Å²) in [6, 6.07) is 7.91. The Labute approximate surface area is 113 Å². The molecule has 0 aromatic heterocycles. The number of esters is 2. The summed E-state index contributed by atoms with van der Waals surface area (Å²) in [4.78, 5) is 21.7. The van der Waals surface area contributed by atoms with Gasteiger partial charge < -0.3 is 9.47 Å². The number of carbonyl (C=O) groups is 2. The number of hydrogen-bond acceptors (Lipinski definition) is 4. The fourth-order valence-electron chi connectivity index (χ4n) is 1.44. The molecule has 1 aromatic carbocycles. The monoisotopic (exact) mass is 262 g/mol. The third kappa shape index (κ3) is 6.41. The molecule has 4 heteroatoms. The van der Waals surface area contributed by atoms with Gasteiger partial charge in [0.25, 0.3) is 0 Å². The summed E-state index contributed by atoms with van der Waals surface area (Å²) in [5, 5.41) is 0. The molecular formula is C15H18O4. The van der Waals surface area contributed by atoms with E-state index >= 15 is 0 Å². The highest BCUT2D eigenvalue weighted by Gasteiger charge is 2.09. The average Bonchev–Trinajstić information content (AvgIpc) is 2.34. The highest BCUT2D eigenvalue weighted by molar-refractivity contribution is 5.67. The fourth-order valence-corrected chi connectivity index (χ4v) is 1.44. The second-order valence-corrected chi connectivity index (χ2v) is 4.22. The first kappa shape index (κ1) is 15.0. The molecule has 0 aliphatic rings. The van der Waals surface area contributed by atoms with Crippen LogP contribution in [0.15, 0.2) is 30.3 Å². The standard InChI is InChI=1S/C15H18O4/c1-11-4-6-14(7-5-11)8-9-15(19-13(3)17)10-18-12(2)16/h4-9,15H,10H2,1-3H3/b9-8+. The summed E-state index contributed by atoms with van der Waals surface area (Å²) in [5.41, 5.74) is 2.17. The van der Waals surface area contributed by atoms with Gasteiger partial charge in [0.15, 0.2) is 6.10 Å². The highest BCUT2D eigenvalue weighted by Crippen LogP contribution is 2.07. The molecular weight excluding hydrogens is 244 g/mol. The Bertz CT molecular complexity index is 460. The minimum Gasteiger partial charge on any atom is -0.462 e.